The molecule has 0 radical (unpaired) electrons. The van der Waals surface area contributed by atoms with E-state index in [-0.39, 0.29) is 12.5 Å². The van der Waals surface area contributed by atoms with Crippen LogP contribution in [0.4, 0.5) is 0 Å². The Morgan fingerprint density at radius 3 is 3.05 bits per heavy atom. The first-order chi connectivity index (χ1) is 10.3. The van der Waals surface area contributed by atoms with Crippen molar-refractivity contribution in [3.8, 4) is 6.07 Å². The number of carbonyl (C=O) groups excluding carboxylic acids is 1. The molecule has 0 saturated carbocycles. The van der Waals surface area contributed by atoms with Crippen molar-refractivity contribution in [2.75, 3.05) is 25.4 Å². The molecule has 0 bridgehead atoms. The lowest BCUT2D eigenvalue weighted by Crippen LogP contribution is -2.40. The molecule has 1 N–H and O–H groups in total. The van der Waals surface area contributed by atoms with Crippen LogP contribution in [0, 0.1) is 17.2 Å². The molecule has 1 aliphatic rings. The summed E-state index contributed by atoms with van der Waals surface area (Å²) in [4.78, 5) is 15.5. The van der Waals surface area contributed by atoms with Gasteiger partial charge in [0.15, 0.2) is 0 Å². The van der Waals surface area contributed by atoms with Gasteiger partial charge in [0.05, 0.1) is 17.4 Å². The lowest BCUT2D eigenvalue weighted by Gasteiger charge is -2.33. The molecule has 0 aliphatic carbocycles. The number of hydrogen-bond acceptors (Lipinski definition) is 4. The maximum Gasteiger partial charge on any atom is 0.254 e. The van der Waals surface area contributed by atoms with Crippen LogP contribution in [0.2, 0.25) is 0 Å². The zero-order valence-electron chi connectivity index (χ0n) is 12.0. The Morgan fingerprint density at radius 2 is 2.29 bits per heavy atom. The smallest absolute Gasteiger partial charge is 0.254 e. The summed E-state index contributed by atoms with van der Waals surface area (Å²) in [7, 11) is 0. The summed E-state index contributed by atoms with van der Waals surface area (Å²) in [5.74, 6) is 0.780. The van der Waals surface area contributed by atoms with Gasteiger partial charge in [-0.3, -0.25) is 4.79 Å². The molecule has 2 rings (SSSR count). The van der Waals surface area contributed by atoms with Crippen LogP contribution in [0.25, 0.3) is 0 Å². The second-order valence-corrected chi connectivity index (χ2v) is 6.23. The van der Waals surface area contributed by atoms with Crippen molar-refractivity contribution >= 4 is 17.7 Å². The van der Waals surface area contributed by atoms with Gasteiger partial charge in [0, 0.05) is 24.6 Å². The molecular formula is C16H20N2O2S. The first kappa shape index (κ1) is 15.9. The second-order valence-electron chi connectivity index (χ2n) is 5.21. The summed E-state index contributed by atoms with van der Waals surface area (Å²) in [5.41, 5.74) is 0.683. The largest absolute Gasteiger partial charge is 0.396 e. The van der Waals surface area contributed by atoms with Gasteiger partial charge in [0.1, 0.15) is 0 Å². The molecule has 4 nitrogen and oxygen atoms in total. The molecule has 1 fully saturated rings. The Hall–Kier alpha value is -1.51. The van der Waals surface area contributed by atoms with Crippen LogP contribution in [0.1, 0.15) is 29.6 Å². The van der Waals surface area contributed by atoms with Crippen molar-refractivity contribution < 1.29 is 9.90 Å². The van der Waals surface area contributed by atoms with Crippen molar-refractivity contribution in [2.24, 2.45) is 5.92 Å². The zero-order chi connectivity index (χ0) is 15.1. The minimum Gasteiger partial charge on any atom is -0.396 e. The van der Waals surface area contributed by atoms with Gasteiger partial charge in [0.2, 0.25) is 0 Å². The van der Waals surface area contributed by atoms with Gasteiger partial charge in [-0.05, 0) is 37.3 Å². The number of amides is 1. The highest BCUT2D eigenvalue weighted by molar-refractivity contribution is 7.99. The molecule has 1 atom stereocenters. The summed E-state index contributed by atoms with van der Waals surface area (Å²) < 4.78 is 0. The number of rotatable bonds is 5. The SMILES string of the molecule is N#CCSc1ccccc1C(=O)N1CCCC(CCO)C1. The van der Waals surface area contributed by atoms with Crippen LogP contribution < -0.4 is 0 Å². The van der Waals surface area contributed by atoms with Crippen molar-refractivity contribution in [1.29, 1.82) is 5.26 Å². The second kappa shape index (κ2) is 8.06. The molecule has 1 unspecified atom stereocenters. The fourth-order valence-electron chi connectivity index (χ4n) is 2.72. The Morgan fingerprint density at radius 1 is 1.48 bits per heavy atom. The number of thioether (sulfide) groups is 1. The number of likely N-dealkylation sites (tertiary alicyclic amines) is 1. The van der Waals surface area contributed by atoms with E-state index in [2.05, 4.69) is 6.07 Å². The Balaban J connectivity index is 2.10. The van der Waals surface area contributed by atoms with E-state index in [1.165, 1.54) is 11.8 Å². The number of nitriles is 1. The van der Waals surface area contributed by atoms with Gasteiger partial charge in [-0.25, -0.2) is 0 Å². The fourth-order valence-corrected chi connectivity index (χ4v) is 3.42. The van der Waals surface area contributed by atoms with Gasteiger partial charge >= 0.3 is 0 Å². The van der Waals surface area contributed by atoms with Crippen LogP contribution in [-0.2, 0) is 0 Å². The van der Waals surface area contributed by atoms with E-state index in [0.29, 0.717) is 17.2 Å². The zero-order valence-corrected chi connectivity index (χ0v) is 12.8. The van der Waals surface area contributed by atoms with Crippen LogP contribution in [0.5, 0.6) is 0 Å². The van der Waals surface area contributed by atoms with Crippen molar-refractivity contribution in [2.45, 2.75) is 24.2 Å². The number of carbonyl (C=O) groups is 1. The fraction of sp³-hybridized carbons (Fsp3) is 0.500. The molecule has 1 aromatic carbocycles. The van der Waals surface area contributed by atoms with Gasteiger partial charge in [0.25, 0.3) is 5.91 Å². The van der Waals surface area contributed by atoms with E-state index in [9.17, 15) is 4.79 Å². The standard InChI is InChI=1S/C16H20N2O2S/c17-8-11-21-15-6-2-1-5-14(15)16(20)18-9-3-4-13(12-18)7-10-19/h1-2,5-6,13,19H,3-4,7,9-12H2. The minimum absolute atomic E-state index is 0.0404. The molecule has 0 aromatic heterocycles. The van der Waals surface area contributed by atoms with E-state index in [1.54, 1.807) is 0 Å². The number of nitrogens with zero attached hydrogens (tertiary/aromatic N) is 2. The van der Waals surface area contributed by atoms with Gasteiger partial charge in [-0.1, -0.05) is 12.1 Å². The van der Waals surface area contributed by atoms with Gasteiger partial charge < -0.3 is 10.0 Å². The van der Waals surface area contributed by atoms with E-state index in [1.807, 2.05) is 29.2 Å². The highest BCUT2D eigenvalue weighted by Crippen LogP contribution is 2.26. The maximum atomic E-state index is 12.7. The Kier molecular flexibility index (Phi) is 6.09. The number of aliphatic hydroxyl groups excluding tert-OH is 1. The normalized spacial score (nSPS) is 18.3. The molecule has 0 spiro atoms. The van der Waals surface area contributed by atoms with Crippen LogP contribution >= 0.6 is 11.8 Å². The molecule has 21 heavy (non-hydrogen) atoms. The summed E-state index contributed by atoms with van der Waals surface area (Å²) in [5, 5.41) is 17.8. The summed E-state index contributed by atoms with van der Waals surface area (Å²) in [6.45, 7) is 1.68. The molecule has 1 aromatic rings. The molecule has 1 saturated heterocycles. The Bertz CT molecular complexity index is 525. The third-order valence-corrected chi connectivity index (χ3v) is 4.69. The first-order valence-electron chi connectivity index (χ1n) is 7.25. The molecule has 112 valence electrons. The molecular weight excluding hydrogens is 284 g/mol. The summed E-state index contributed by atoms with van der Waals surface area (Å²) in [6.07, 6.45) is 2.83. The minimum atomic E-state index is 0.0404. The predicted octanol–water partition coefficient (Wildman–Crippen LogP) is 2.54. The molecule has 1 amide bonds. The number of benzene rings is 1. The molecule has 5 heteroatoms. The van der Waals surface area contributed by atoms with Gasteiger partial charge in [-0.2, -0.15) is 5.26 Å². The van der Waals surface area contributed by atoms with Crippen LogP contribution in [0.15, 0.2) is 29.2 Å². The average molecular weight is 304 g/mol. The summed E-state index contributed by atoms with van der Waals surface area (Å²) in [6, 6.07) is 9.57. The number of hydrogen-bond donors (Lipinski definition) is 1. The number of piperidine rings is 1. The predicted molar refractivity (Wildman–Crippen MR) is 83.1 cm³/mol. The molecule has 1 heterocycles. The quantitative estimate of drug-likeness (QED) is 0.849. The molecule has 1 aliphatic heterocycles. The maximum absolute atomic E-state index is 12.7. The van der Waals surface area contributed by atoms with E-state index in [0.717, 1.165) is 37.2 Å². The monoisotopic (exact) mass is 304 g/mol. The summed E-state index contributed by atoms with van der Waals surface area (Å²) >= 11 is 1.40. The Labute approximate surface area is 129 Å². The highest BCUT2D eigenvalue weighted by Gasteiger charge is 2.25. The van der Waals surface area contributed by atoms with E-state index < -0.39 is 0 Å². The van der Waals surface area contributed by atoms with Crippen molar-refractivity contribution in [3.05, 3.63) is 29.8 Å². The third kappa shape index (κ3) is 4.23. The number of aliphatic hydroxyl groups is 1. The third-order valence-electron chi connectivity index (χ3n) is 3.75. The lowest BCUT2D eigenvalue weighted by molar-refractivity contribution is 0.0650. The van der Waals surface area contributed by atoms with E-state index >= 15 is 0 Å². The van der Waals surface area contributed by atoms with Crippen molar-refractivity contribution in [3.63, 3.8) is 0 Å². The van der Waals surface area contributed by atoms with Crippen molar-refractivity contribution in [1.82, 2.24) is 4.90 Å². The van der Waals surface area contributed by atoms with E-state index in [4.69, 9.17) is 10.4 Å². The lowest BCUT2D eigenvalue weighted by atomic mass is 9.94. The van der Waals surface area contributed by atoms with Crippen LogP contribution in [-0.4, -0.2) is 41.4 Å². The van der Waals surface area contributed by atoms with Gasteiger partial charge in [-0.15, -0.1) is 11.8 Å². The topological polar surface area (TPSA) is 64.3 Å². The first-order valence-corrected chi connectivity index (χ1v) is 8.23. The highest BCUT2D eigenvalue weighted by atomic mass is 32.2. The average Bonchev–Trinajstić information content (AvgIpc) is 2.53. The van der Waals surface area contributed by atoms with Crippen LogP contribution in [0.3, 0.4) is 0 Å².